The van der Waals surface area contributed by atoms with Crippen LogP contribution >= 0.6 is 0 Å². The Labute approximate surface area is 140 Å². The second kappa shape index (κ2) is 7.09. The predicted molar refractivity (Wildman–Crippen MR) is 84.3 cm³/mol. The molecule has 0 spiro atoms. The fourth-order valence-electron chi connectivity index (χ4n) is 1.99. The maximum absolute atomic E-state index is 12.4. The number of imidazole rings is 1. The summed E-state index contributed by atoms with van der Waals surface area (Å²) in [6.45, 7) is 3.73. The van der Waals surface area contributed by atoms with Crippen LogP contribution in [0.5, 0.6) is 12.0 Å². The van der Waals surface area contributed by atoms with Gasteiger partial charge in [-0.15, -0.1) is 4.98 Å². The number of ether oxygens (including phenoxy) is 2. The summed E-state index contributed by atoms with van der Waals surface area (Å²) in [6.07, 6.45) is 1.46. The molecular weight excluding hydrogens is 336 g/mol. The molecule has 0 fully saturated rings. The fraction of sp³-hybridized carbons (Fsp3) is 0.538. The quantitative estimate of drug-likeness (QED) is 0.748. The normalized spacial score (nSPS) is 11.8. The Morgan fingerprint density at radius 2 is 1.71 bits per heavy atom. The van der Waals surface area contributed by atoms with Crippen LogP contribution in [0.1, 0.15) is 31.4 Å². The highest BCUT2D eigenvalue weighted by atomic mass is 32.2. The molecule has 0 saturated heterocycles. The molecule has 2 heterocycles. The number of rotatable bonds is 7. The molecule has 0 aliphatic heterocycles. The van der Waals surface area contributed by atoms with Gasteiger partial charge < -0.3 is 14.0 Å². The molecule has 0 aliphatic rings. The molecule has 0 aromatic carbocycles. The Kier molecular flexibility index (Phi) is 5.34. The number of nitrogens with one attached hydrogen (secondary N) is 1. The standard InChI is InChI=1S/C13H20N6O4S/c1-8(2)11-17-10(7-19(11)3)24(20,21)14-6-9-15-12(22-4)18-13(16-9)23-5/h7-8,14H,6H2,1-5H3. The van der Waals surface area contributed by atoms with E-state index in [-0.39, 0.29) is 35.3 Å². The van der Waals surface area contributed by atoms with E-state index in [4.69, 9.17) is 9.47 Å². The number of methoxy groups -OCH3 is 2. The van der Waals surface area contributed by atoms with Gasteiger partial charge in [-0.1, -0.05) is 13.8 Å². The highest BCUT2D eigenvalue weighted by Gasteiger charge is 2.21. The minimum atomic E-state index is -3.80. The highest BCUT2D eigenvalue weighted by molar-refractivity contribution is 7.89. The van der Waals surface area contributed by atoms with Crippen LogP contribution in [0.2, 0.25) is 0 Å². The van der Waals surface area contributed by atoms with Crippen LogP contribution in [0.3, 0.4) is 0 Å². The first-order valence-corrected chi connectivity index (χ1v) is 8.61. The van der Waals surface area contributed by atoms with Gasteiger partial charge in [-0.2, -0.15) is 9.97 Å². The summed E-state index contributed by atoms with van der Waals surface area (Å²) in [5.74, 6) is 0.956. The maximum Gasteiger partial charge on any atom is 0.322 e. The SMILES string of the molecule is COc1nc(CNS(=O)(=O)c2cn(C)c(C(C)C)n2)nc(OC)n1. The van der Waals surface area contributed by atoms with E-state index in [0.717, 1.165) is 0 Å². The van der Waals surface area contributed by atoms with Gasteiger partial charge in [0.2, 0.25) is 0 Å². The van der Waals surface area contributed by atoms with Crippen molar-refractivity contribution in [3.05, 3.63) is 17.8 Å². The third-order valence-electron chi connectivity index (χ3n) is 3.11. The molecular formula is C13H20N6O4S. The lowest BCUT2D eigenvalue weighted by atomic mass is 10.2. The van der Waals surface area contributed by atoms with Gasteiger partial charge in [0.05, 0.1) is 20.8 Å². The van der Waals surface area contributed by atoms with E-state index < -0.39 is 10.0 Å². The van der Waals surface area contributed by atoms with Crippen LogP contribution in [0.25, 0.3) is 0 Å². The monoisotopic (exact) mass is 356 g/mol. The minimum absolute atomic E-state index is 0.0379. The van der Waals surface area contributed by atoms with Crippen LogP contribution in [0, 0.1) is 0 Å². The second-order valence-electron chi connectivity index (χ2n) is 5.25. The van der Waals surface area contributed by atoms with E-state index in [2.05, 4.69) is 24.7 Å². The zero-order chi connectivity index (χ0) is 17.9. The number of hydrogen-bond acceptors (Lipinski definition) is 8. The van der Waals surface area contributed by atoms with Crippen LogP contribution in [-0.2, 0) is 23.6 Å². The summed E-state index contributed by atoms with van der Waals surface area (Å²) in [5, 5.41) is -0.0540. The third kappa shape index (κ3) is 3.97. The summed E-state index contributed by atoms with van der Waals surface area (Å²) >= 11 is 0. The Morgan fingerprint density at radius 3 is 2.17 bits per heavy atom. The Morgan fingerprint density at radius 1 is 1.12 bits per heavy atom. The fourth-order valence-corrected chi connectivity index (χ4v) is 2.97. The van der Waals surface area contributed by atoms with E-state index >= 15 is 0 Å². The summed E-state index contributed by atoms with van der Waals surface area (Å²) in [7, 11) is 0.742. The average molecular weight is 356 g/mol. The van der Waals surface area contributed by atoms with Gasteiger partial charge >= 0.3 is 12.0 Å². The molecule has 24 heavy (non-hydrogen) atoms. The summed E-state index contributed by atoms with van der Waals surface area (Å²) < 4.78 is 38.7. The van der Waals surface area contributed by atoms with Crippen LogP contribution in [0.15, 0.2) is 11.2 Å². The van der Waals surface area contributed by atoms with E-state index in [1.165, 1.54) is 20.4 Å². The topological polar surface area (TPSA) is 121 Å². The first kappa shape index (κ1) is 18.1. The largest absolute Gasteiger partial charge is 0.467 e. The van der Waals surface area contributed by atoms with Crippen LogP contribution in [0.4, 0.5) is 0 Å². The minimum Gasteiger partial charge on any atom is -0.467 e. The van der Waals surface area contributed by atoms with E-state index in [0.29, 0.717) is 5.82 Å². The van der Waals surface area contributed by atoms with Crippen molar-refractivity contribution in [2.45, 2.75) is 31.3 Å². The molecule has 132 valence electrons. The molecule has 2 aromatic rings. The molecule has 2 aromatic heterocycles. The van der Waals surface area contributed by atoms with Crippen molar-refractivity contribution in [2.24, 2.45) is 7.05 Å². The highest BCUT2D eigenvalue weighted by Crippen LogP contribution is 2.16. The van der Waals surface area contributed by atoms with Crippen molar-refractivity contribution in [3.8, 4) is 12.0 Å². The van der Waals surface area contributed by atoms with Gasteiger partial charge in [0, 0.05) is 19.2 Å². The maximum atomic E-state index is 12.4. The van der Waals surface area contributed by atoms with Crippen molar-refractivity contribution in [2.75, 3.05) is 14.2 Å². The van der Waals surface area contributed by atoms with Crippen molar-refractivity contribution in [1.29, 1.82) is 0 Å². The average Bonchev–Trinajstić information content (AvgIpc) is 2.95. The lowest BCUT2D eigenvalue weighted by molar-refractivity contribution is 0.336. The van der Waals surface area contributed by atoms with E-state index in [1.807, 2.05) is 13.8 Å². The van der Waals surface area contributed by atoms with Crippen molar-refractivity contribution < 1.29 is 17.9 Å². The van der Waals surface area contributed by atoms with E-state index in [9.17, 15) is 8.42 Å². The van der Waals surface area contributed by atoms with Crippen LogP contribution < -0.4 is 14.2 Å². The van der Waals surface area contributed by atoms with Gasteiger partial charge in [-0.3, -0.25) is 0 Å². The molecule has 0 amide bonds. The van der Waals surface area contributed by atoms with Gasteiger partial charge in [0.15, 0.2) is 10.9 Å². The zero-order valence-electron chi connectivity index (χ0n) is 14.1. The lowest BCUT2D eigenvalue weighted by Gasteiger charge is -2.06. The van der Waals surface area contributed by atoms with Crippen molar-refractivity contribution in [3.63, 3.8) is 0 Å². The molecule has 0 unspecified atom stereocenters. The van der Waals surface area contributed by atoms with Gasteiger partial charge in [0.25, 0.3) is 10.0 Å². The van der Waals surface area contributed by atoms with Gasteiger partial charge in [-0.25, -0.2) is 18.1 Å². The summed E-state index contributed by atoms with van der Waals surface area (Å²) in [5.41, 5.74) is 0. The number of hydrogen-bond donors (Lipinski definition) is 1. The molecule has 0 saturated carbocycles. The second-order valence-corrected chi connectivity index (χ2v) is 6.97. The lowest BCUT2D eigenvalue weighted by Crippen LogP contribution is -2.25. The third-order valence-corrected chi connectivity index (χ3v) is 4.38. The Balaban J connectivity index is 2.20. The molecule has 1 N–H and O–H groups in total. The first-order chi connectivity index (χ1) is 11.3. The van der Waals surface area contributed by atoms with Crippen molar-refractivity contribution in [1.82, 2.24) is 29.2 Å². The Hall–Kier alpha value is -2.27. The smallest absolute Gasteiger partial charge is 0.322 e. The van der Waals surface area contributed by atoms with Crippen LogP contribution in [-0.4, -0.2) is 47.1 Å². The summed E-state index contributed by atoms with van der Waals surface area (Å²) in [4.78, 5) is 16.0. The number of aryl methyl sites for hydroxylation is 1. The molecule has 10 nitrogen and oxygen atoms in total. The zero-order valence-corrected chi connectivity index (χ0v) is 15.0. The number of nitrogens with zero attached hydrogens (tertiary/aromatic N) is 5. The molecule has 0 radical (unpaired) electrons. The molecule has 0 aliphatic carbocycles. The Bertz CT molecular complexity index is 796. The van der Waals surface area contributed by atoms with Gasteiger partial charge in [0.1, 0.15) is 5.82 Å². The predicted octanol–water partition coefficient (Wildman–Crippen LogP) is 0.224. The molecule has 0 bridgehead atoms. The summed E-state index contributed by atoms with van der Waals surface area (Å²) in [6, 6.07) is 0.0759. The van der Waals surface area contributed by atoms with Crippen molar-refractivity contribution >= 4 is 10.0 Å². The molecule has 11 heteroatoms. The molecule has 0 atom stereocenters. The molecule has 2 rings (SSSR count). The van der Waals surface area contributed by atoms with E-state index in [1.54, 1.807) is 11.6 Å². The number of sulfonamides is 1. The first-order valence-electron chi connectivity index (χ1n) is 7.12. The van der Waals surface area contributed by atoms with Gasteiger partial charge in [-0.05, 0) is 0 Å². The number of aromatic nitrogens is 5.